The lowest BCUT2D eigenvalue weighted by molar-refractivity contribution is 0.144. The Morgan fingerprint density at radius 2 is 1.32 bits per heavy atom. The van der Waals surface area contributed by atoms with E-state index in [9.17, 15) is 8.42 Å². The largest absolute Gasteiger partial charge is 0.380 e. The van der Waals surface area contributed by atoms with Gasteiger partial charge in [-0.15, -0.1) is 0 Å². The minimum atomic E-state index is -2.99. The van der Waals surface area contributed by atoms with Crippen LogP contribution in [0.15, 0.2) is 60.7 Å². The van der Waals surface area contributed by atoms with Crippen molar-refractivity contribution in [2.45, 2.75) is 29.8 Å². The summed E-state index contributed by atoms with van der Waals surface area (Å²) in [6, 6.07) is 20.4. The Morgan fingerprint density at radius 3 is 2.03 bits per heavy atom. The van der Waals surface area contributed by atoms with Crippen molar-refractivity contribution in [3.63, 3.8) is 0 Å². The number of thioether (sulfide) groups is 1. The molecule has 0 aliphatic carbocycles. The van der Waals surface area contributed by atoms with Crippen molar-refractivity contribution in [3.8, 4) is 0 Å². The Morgan fingerprint density at radius 1 is 0.711 bits per heavy atom. The lowest BCUT2D eigenvalue weighted by Gasteiger charge is -2.19. The molecule has 6 nitrogen and oxygen atoms in total. The molecule has 3 aliphatic heterocycles. The smallest absolute Gasteiger partial charge is 0.158 e. The van der Waals surface area contributed by atoms with Crippen LogP contribution in [-0.2, 0) is 14.6 Å². The van der Waals surface area contributed by atoms with E-state index in [0.29, 0.717) is 17.5 Å². The van der Waals surface area contributed by atoms with E-state index in [1.165, 1.54) is 43.8 Å². The Bertz CT molecular complexity index is 1000. The zero-order valence-corrected chi connectivity index (χ0v) is 25.1. The third-order valence-corrected chi connectivity index (χ3v) is 10.6. The molecule has 2 unspecified atom stereocenters. The maximum Gasteiger partial charge on any atom is 0.158 e. The molecule has 3 aliphatic rings. The van der Waals surface area contributed by atoms with Crippen LogP contribution >= 0.6 is 11.8 Å². The first-order valence-electron chi connectivity index (χ1n) is 13.9. The first-order chi connectivity index (χ1) is 18.3. The van der Waals surface area contributed by atoms with Crippen LogP contribution < -0.4 is 0 Å². The average Bonchev–Trinajstić information content (AvgIpc) is 3.35. The van der Waals surface area contributed by atoms with Crippen LogP contribution in [-0.4, -0.2) is 108 Å². The van der Waals surface area contributed by atoms with Gasteiger partial charge in [-0.05, 0) is 70.4 Å². The van der Waals surface area contributed by atoms with Crippen molar-refractivity contribution in [2.24, 2.45) is 0 Å². The second-order valence-corrected chi connectivity index (χ2v) is 14.2. The maximum absolute atomic E-state index is 12.1. The molecule has 2 aromatic rings. The Hall–Kier alpha value is -1.42. The van der Waals surface area contributed by atoms with Gasteiger partial charge in [0.05, 0.1) is 17.6 Å². The van der Waals surface area contributed by atoms with E-state index in [1.807, 2.05) is 37.4 Å². The molecule has 0 bridgehead atoms. The van der Waals surface area contributed by atoms with Crippen molar-refractivity contribution >= 4 is 21.6 Å². The van der Waals surface area contributed by atoms with Gasteiger partial charge in [0.2, 0.25) is 0 Å². The Balaban J connectivity index is 0.000000166. The van der Waals surface area contributed by atoms with Gasteiger partial charge in [-0.25, -0.2) is 8.42 Å². The fourth-order valence-electron chi connectivity index (χ4n) is 4.87. The van der Waals surface area contributed by atoms with Crippen molar-refractivity contribution in [3.05, 3.63) is 71.8 Å². The van der Waals surface area contributed by atoms with E-state index in [0.717, 1.165) is 38.3 Å². The summed E-state index contributed by atoms with van der Waals surface area (Å²) in [6.45, 7) is 8.06. The van der Waals surface area contributed by atoms with Gasteiger partial charge in [0, 0.05) is 38.0 Å². The number of sulfone groups is 1. The highest BCUT2D eigenvalue weighted by molar-refractivity contribution is 7.99. The third-order valence-electron chi connectivity index (χ3n) is 7.15. The molecular weight excluding hydrogens is 514 g/mol. The van der Waals surface area contributed by atoms with Crippen LogP contribution in [0.5, 0.6) is 0 Å². The van der Waals surface area contributed by atoms with Crippen molar-refractivity contribution in [1.29, 1.82) is 0 Å². The van der Waals surface area contributed by atoms with Gasteiger partial charge < -0.3 is 19.4 Å². The monoisotopic (exact) mass is 561 g/mol. The number of likely N-dealkylation sites (N-methyl/N-ethyl adjacent to an activating group) is 3. The highest BCUT2D eigenvalue weighted by atomic mass is 32.2. The Kier molecular flexibility index (Phi) is 13.6. The van der Waals surface area contributed by atoms with Gasteiger partial charge in [0.25, 0.3) is 0 Å². The molecule has 0 radical (unpaired) electrons. The highest BCUT2D eigenvalue weighted by Gasteiger charge is 2.30. The normalized spacial score (nSPS) is 25.3. The molecule has 2 aromatic carbocycles. The molecule has 3 saturated heterocycles. The molecule has 2 atom stereocenters. The highest BCUT2D eigenvalue weighted by Crippen LogP contribution is 2.32. The van der Waals surface area contributed by atoms with E-state index in [4.69, 9.17) is 4.74 Å². The van der Waals surface area contributed by atoms with Gasteiger partial charge >= 0.3 is 0 Å². The number of rotatable bonds is 2. The van der Waals surface area contributed by atoms with Gasteiger partial charge in [0.15, 0.2) is 9.84 Å². The lowest BCUT2D eigenvalue weighted by atomic mass is 10.1. The second-order valence-electron chi connectivity index (χ2n) is 10.5. The summed E-state index contributed by atoms with van der Waals surface area (Å²) in [5.74, 6) is 1.60. The molecule has 3 fully saturated rings. The number of nitrogens with zero attached hydrogens (tertiary/aromatic N) is 3. The first kappa shape index (κ1) is 31.1. The maximum atomic E-state index is 12.1. The van der Waals surface area contributed by atoms with Crippen molar-refractivity contribution in [1.82, 2.24) is 14.7 Å². The molecule has 5 rings (SSSR count). The summed E-state index contributed by atoms with van der Waals surface area (Å²) in [4.78, 5) is 6.84. The number of hydrogen-bond donors (Lipinski definition) is 0. The van der Waals surface area contributed by atoms with E-state index in [2.05, 4.69) is 70.9 Å². The van der Waals surface area contributed by atoms with Crippen molar-refractivity contribution < 1.29 is 13.2 Å². The fraction of sp³-hybridized carbons (Fsp3) is 0.600. The second kappa shape index (κ2) is 16.6. The molecular formula is C30H47N3O3S2. The van der Waals surface area contributed by atoms with Crippen LogP contribution in [0.3, 0.4) is 0 Å². The molecule has 0 saturated carbocycles. The molecule has 212 valence electrons. The minimum Gasteiger partial charge on any atom is -0.380 e. The summed E-state index contributed by atoms with van der Waals surface area (Å²) in [6.07, 6.45) is 3.25. The predicted molar refractivity (Wildman–Crippen MR) is 162 cm³/mol. The summed E-state index contributed by atoms with van der Waals surface area (Å²) in [5.41, 5.74) is 2.39. The van der Waals surface area contributed by atoms with Gasteiger partial charge in [-0.3, -0.25) is 0 Å². The standard InChI is InChI=1S/C12H17NO2S.C12H17NS.C6H13NO/c1-13-8-5-9-16(14,15)12(10-13)11-6-3-2-4-7-11;1-13-8-5-9-14-12(10-13)11-6-3-2-4-7-11;1-7-3-2-5-8-6-4-7/h2-4,6-7,12H,5,8-10H2,1H3;2-4,6-7,12H,5,8-10H2,1H3;2-6H2,1H3. The van der Waals surface area contributed by atoms with Crippen LogP contribution in [0.2, 0.25) is 0 Å². The number of benzene rings is 2. The number of hydrogen-bond acceptors (Lipinski definition) is 7. The van der Waals surface area contributed by atoms with E-state index in [-0.39, 0.29) is 5.25 Å². The molecule has 0 aromatic heterocycles. The van der Waals surface area contributed by atoms with Gasteiger partial charge in [-0.2, -0.15) is 11.8 Å². The summed E-state index contributed by atoms with van der Waals surface area (Å²) in [5, 5.41) is 0.310. The fourth-order valence-corrected chi connectivity index (χ4v) is 8.03. The van der Waals surface area contributed by atoms with Gasteiger partial charge in [0.1, 0.15) is 0 Å². The molecule has 8 heteroatoms. The quantitative estimate of drug-likeness (QED) is 0.531. The third kappa shape index (κ3) is 11.0. The van der Waals surface area contributed by atoms with Gasteiger partial charge in [-0.1, -0.05) is 60.7 Å². The predicted octanol–water partition coefficient (Wildman–Crippen LogP) is 4.61. The van der Waals surface area contributed by atoms with E-state index >= 15 is 0 Å². The molecule has 3 heterocycles. The minimum absolute atomic E-state index is 0.302. The van der Waals surface area contributed by atoms with Crippen LogP contribution in [0.1, 0.15) is 40.9 Å². The first-order valence-corrected chi connectivity index (χ1v) is 16.7. The summed E-state index contributed by atoms with van der Waals surface area (Å²) < 4.78 is 29.5. The van der Waals surface area contributed by atoms with Crippen LogP contribution in [0.25, 0.3) is 0 Å². The van der Waals surface area contributed by atoms with Crippen LogP contribution in [0, 0.1) is 0 Å². The SMILES string of the molecule is CN1CCCOCC1.CN1CCCS(=O)(=O)C(c2ccccc2)C1.CN1CCCSC(c2ccccc2)C1. The summed E-state index contributed by atoms with van der Waals surface area (Å²) >= 11 is 2.10. The van der Waals surface area contributed by atoms with E-state index < -0.39 is 9.84 Å². The number of ether oxygens (including phenoxy) is 1. The molecule has 38 heavy (non-hydrogen) atoms. The van der Waals surface area contributed by atoms with Crippen LogP contribution in [0.4, 0.5) is 0 Å². The van der Waals surface area contributed by atoms with Crippen molar-refractivity contribution in [2.75, 3.05) is 85.1 Å². The van der Waals surface area contributed by atoms with E-state index in [1.54, 1.807) is 0 Å². The molecule has 0 amide bonds. The summed E-state index contributed by atoms with van der Waals surface area (Å²) in [7, 11) is 3.35. The average molecular weight is 562 g/mol. The lowest BCUT2D eigenvalue weighted by Crippen LogP contribution is -2.26. The topological polar surface area (TPSA) is 53.1 Å². The zero-order valence-electron chi connectivity index (χ0n) is 23.5. The molecule has 0 spiro atoms. The Labute approximate surface area is 235 Å². The zero-order chi connectivity index (χ0) is 27.2. The molecule has 0 N–H and O–H groups in total.